The molecule has 2 unspecified atom stereocenters. The Kier molecular flexibility index (Phi) is 4.18. The summed E-state index contributed by atoms with van der Waals surface area (Å²) < 4.78 is 5.34. The van der Waals surface area contributed by atoms with Crippen molar-refractivity contribution in [2.45, 2.75) is 32.4 Å². The Morgan fingerprint density at radius 3 is 2.67 bits per heavy atom. The van der Waals surface area contributed by atoms with E-state index in [4.69, 9.17) is 9.84 Å². The molecule has 6 nitrogen and oxygen atoms in total. The van der Waals surface area contributed by atoms with Crippen LogP contribution in [-0.4, -0.2) is 36.4 Å². The molecule has 2 amide bonds. The highest BCUT2D eigenvalue weighted by Gasteiger charge is 2.49. The third-order valence-corrected chi connectivity index (χ3v) is 4.13. The van der Waals surface area contributed by atoms with Crippen LogP contribution in [0.1, 0.15) is 30.6 Å². The number of amides is 2. The van der Waals surface area contributed by atoms with E-state index in [9.17, 15) is 9.59 Å². The number of anilines is 1. The average molecular weight is 292 g/mol. The molecule has 0 aliphatic heterocycles. The summed E-state index contributed by atoms with van der Waals surface area (Å²) in [5.41, 5.74) is 0.471. The predicted octanol–water partition coefficient (Wildman–Crippen LogP) is 2.32. The van der Waals surface area contributed by atoms with Gasteiger partial charge in [-0.1, -0.05) is 19.9 Å². The van der Waals surface area contributed by atoms with Crippen LogP contribution in [0.5, 0.6) is 0 Å². The summed E-state index contributed by atoms with van der Waals surface area (Å²) in [5.74, 6) is -1.03. The van der Waals surface area contributed by atoms with Crippen molar-refractivity contribution in [3.8, 4) is 0 Å². The molecule has 1 aromatic carbocycles. The SMILES string of the molecule is COC1CC(NC(=O)Nc2cccc(C(=O)O)c2)C1(C)C. The Bertz CT molecular complexity index is 556. The van der Waals surface area contributed by atoms with Crippen molar-refractivity contribution in [2.24, 2.45) is 5.41 Å². The van der Waals surface area contributed by atoms with Crippen LogP contribution in [0, 0.1) is 5.41 Å². The summed E-state index contributed by atoms with van der Waals surface area (Å²) in [5, 5.41) is 14.5. The molecule has 0 radical (unpaired) electrons. The highest BCUT2D eigenvalue weighted by atomic mass is 16.5. The standard InChI is InChI=1S/C15H20N2O4/c1-15(2)11(8-12(15)21-3)17-14(20)16-10-6-4-5-9(7-10)13(18)19/h4-7,11-12H,8H2,1-3H3,(H,18,19)(H2,16,17,20). The number of carbonyl (C=O) groups is 2. The molecule has 2 atom stereocenters. The van der Waals surface area contributed by atoms with Gasteiger partial charge >= 0.3 is 12.0 Å². The number of methoxy groups -OCH3 is 1. The Hall–Kier alpha value is -2.08. The normalized spacial score (nSPS) is 23.0. The molecule has 1 aliphatic rings. The zero-order chi connectivity index (χ0) is 15.6. The van der Waals surface area contributed by atoms with Gasteiger partial charge < -0.3 is 20.5 Å². The second-order valence-corrected chi connectivity index (χ2v) is 5.82. The van der Waals surface area contributed by atoms with Crippen molar-refractivity contribution >= 4 is 17.7 Å². The first-order chi connectivity index (χ1) is 9.84. The Morgan fingerprint density at radius 1 is 1.38 bits per heavy atom. The lowest BCUT2D eigenvalue weighted by atomic mass is 9.64. The highest BCUT2D eigenvalue weighted by molar-refractivity contribution is 5.93. The molecule has 0 saturated heterocycles. The third-order valence-electron chi connectivity index (χ3n) is 4.13. The number of carboxylic acids is 1. The smallest absolute Gasteiger partial charge is 0.335 e. The first kappa shape index (κ1) is 15.3. The zero-order valence-electron chi connectivity index (χ0n) is 12.3. The number of ether oxygens (including phenoxy) is 1. The van der Waals surface area contributed by atoms with Crippen LogP contribution in [-0.2, 0) is 4.74 Å². The Morgan fingerprint density at radius 2 is 2.10 bits per heavy atom. The highest BCUT2D eigenvalue weighted by Crippen LogP contribution is 2.42. The van der Waals surface area contributed by atoms with Gasteiger partial charge in [0.05, 0.1) is 11.7 Å². The van der Waals surface area contributed by atoms with E-state index in [-0.39, 0.29) is 29.2 Å². The average Bonchev–Trinajstić information content (AvgIpc) is 2.43. The molecule has 1 aromatic rings. The lowest BCUT2D eigenvalue weighted by molar-refractivity contribution is -0.0931. The molecule has 0 aromatic heterocycles. The van der Waals surface area contributed by atoms with Crippen molar-refractivity contribution < 1.29 is 19.4 Å². The molecule has 1 fully saturated rings. The topological polar surface area (TPSA) is 87.7 Å². The summed E-state index contributed by atoms with van der Waals surface area (Å²) in [6, 6.07) is 5.83. The van der Waals surface area contributed by atoms with E-state index >= 15 is 0 Å². The molecule has 6 heteroatoms. The fraction of sp³-hybridized carbons (Fsp3) is 0.467. The van der Waals surface area contributed by atoms with Crippen LogP contribution >= 0.6 is 0 Å². The van der Waals surface area contributed by atoms with Gasteiger partial charge in [0, 0.05) is 24.3 Å². The molecular formula is C15H20N2O4. The molecule has 3 N–H and O–H groups in total. The first-order valence-corrected chi connectivity index (χ1v) is 6.78. The van der Waals surface area contributed by atoms with Crippen LogP contribution in [0.25, 0.3) is 0 Å². The van der Waals surface area contributed by atoms with Crippen molar-refractivity contribution in [2.75, 3.05) is 12.4 Å². The monoisotopic (exact) mass is 292 g/mol. The molecule has 2 rings (SSSR count). The lowest BCUT2D eigenvalue weighted by Gasteiger charge is -2.51. The zero-order valence-corrected chi connectivity index (χ0v) is 12.3. The number of urea groups is 1. The fourth-order valence-corrected chi connectivity index (χ4v) is 2.59. The number of hydrogen-bond donors (Lipinski definition) is 3. The summed E-state index contributed by atoms with van der Waals surface area (Å²) in [7, 11) is 1.67. The number of carboxylic acid groups (broad SMARTS) is 1. The molecule has 1 aliphatic carbocycles. The van der Waals surface area contributed by atoms with Gasteiger partial charge in [0.2, 0.25) is 0 Å². The van der Waals surface area contributed by atoms with E-state index in [1.165, 1.54) is 12.1 Å². The maximum atomic E-state index is 12.0. The van der Waals surface area contributed by atoms with E-state index in [2.05, 4.69) is 10.6 Å². The predicted molar refractivity (Wildman–Crippen MR) is 78.5 cm³/mol. The van der Waals surface area contributed by atoms with Crippen LogP contribution < -0.4 is 10.6 Å². The molecule has 0 bridgehead atoms. The number of nitrogens with one attached hydrogen (secondary N) is 2. The largest absolute Gasteiger partial charge is 0.478 e. The van der Waals surface area contributed by atoms with E-state index in [0.29, 0.717) is 5.69 Å². The van der Waals surface area contributed by atoms with E-state index in [1.54, 1.807) is 19.2 Å². The third kappa shape index (κ3) is 3.16. The molecule has 0 spiro atoms. The summed E-state index contributed by atoms with van der Waals surface area (Å²) >= 11 is 0. The molecule has 1 saturated carbocycles. The quantitative estimate of drug-likeness (QED) is 0.794. The van der Waals surface area contributed by atoms with Crippen LogP contribution in [0.4, 0.5) is 10.5 Å². The van der Waals surface area contributed by atoms with Crippen LogP contribution in [0.3, 0.4) is 0 Å². The van der Waals surface area contributed by atoms with Gasteiger partial charge in [-0.2, -0.15) is 0 Å². The van der Waals surface area contributed by atoms with Gasteiger partial charge in [-0.15, -0.1) is 0 Å². The Balaban J connectivity index is 1.94. The number of aromatic carboxylic acids is 1. The second kappa shape index (κ2) is 5.73. The Labute approximate surface area is 123 Å². The number of hydrogen-bond acceptors (Lipinski definition) is 3. The van der Waals surface area contributed by atoms with Gasteiger partial charge in [-0.3, -0.25) is 0 Å². The van der Waals surface area contributed by atoms with E-state index in [0.717, 1.165) is 6.42 Å². The van der Waals surface area contributed by atoms with Gasteiger partial charge in [0.15, 0.2) is 0 Å². The molecule has 114 valence electrons. The second-order valence-electron chi connectivity index (χ2n) is 5.82. The minimum absolute atomic E-state index is 0.0325. The fourth-order valence-electron chi connectivity index (χ4n) is 2.59. The maximum Gasteiger partial charge on any atom is 0.335 e. The molecule has 21 heavy (non-hydrogen) atoms. The summed E-state index contributed by atoms with van der Waals surface area (Å²) in [4.78, 5) is 22.9. The number of benzene rings is 1. The van der Waals surface area contributed by atoms with Gasteiger partial charge in [-0.05, 0) is 24.6 Å². The van der Waals surface area contributed by atoms with Crippen LogP contribution in [0.2, 0.25) is 0 Å². The summed E-state index contributed by atoms with van der Waals surface area (Å²) in [6.45, 7) is 4.08. The summed E-state index contributed by atoms with van der Waals surface area (Å²) in [6.07, 6.45) is 0.907. The minimum Gasteiger partial charge on any atom is -0.478 e. The number of carbonyl (C=O) groups excluding carboxylic acids is 1. The van der Waals surface area contributed by atoms with E-state index < -0.39 is 5.97 Å². The van der Waals surface area contributed by atoms with E-state index in [1.807, 2.05) is 13.8 Å². The van der Waals surface area contributed by atoms with Crippen molar-refractivity contribution in [3.63, 3.8) is 0 Å². The first-order valence-electron chi connectivity index (χ1n) is 6.78. The van der Waals surface area contributed by atoms with Crippen molar-refractivity contribution in [1.82, 2.24) is 5.32 Å². The van der Waals surface area contributed by atoms with Crippen molar-refractivity contribution in [3.05, 3.63) is 29.8 Å². The van der Waals surface area contributed by atoms with Gasteiger partial charge in [0.25, 0.3) is 0 Å². The van der Waals surface area contributed by atoms with Crippen LogP contribution in [0.15, 0.2) is 24.3 Å². The molecular weight excluding hydrogens is 272 g/mol. The maximum absolute atomic E-state index is 12.0. The van der Waals surface area contributed by atoms with Crippen molar-refractivity contribution in [1.29, 1.82) is 0 Å². The number of rotatable bonds is 4. The van der Waals surface area contributed by atoms with Gasteiger partial charge in [-0.25, -0.2) is 9.59 Å². The van der Waals surface area contributed by atoms with Gasteiger partial charge in [0.1, 0.15) is 0 Å². The lowest BCUT2D eigenvalue weighted by Crippen LogP contribution is -2.62. The molecule has 0 heterocycles. The minimum atomic E-state index is -1.03.